The third kappa shape index (κ3) is 2.81. The lowest BCUT2D eigenvalue weighted by molar-refractivity contribution is -0.143. The Morgan fingerprint density at radius 1 is 1.32 bits per heavy atom. The summed E-state index contributed by atoms with van der Waals surface area (Å²) in [6.45, 7) is 0. The maximum Gasteiger partial charge on any atom is 0.329 e. The van der Waals surface area contributed by atoms with Gasteiger partial charge in [-0.3, -0.25) is 9.59 Å². The fraction of sp³-hybridized carbons (Fsp3) is 0.438. The number of benzene rings is 1. The van der Waals surface area contributed by atoms with Crippen molar-refractivity contribution in [3.63, 3.8) is 0 Å². The van der Waals surface area contributed by atoms with Crippen molar-refractivity contribution in [2.75, 3.05) is 5.32 Å². The van der Waals surface area contributed by atoms with Crippen LogP contribution in [0.5, 0.6) is 0 Å². The molecule has 2 amide bonds. The van der Waals surface area contributed by atoms with E-state index in [1.54, 1.807) is 0 Å². The van der Waals surface area contributed by atoms with Gasteiger partial charge in [0, 0.05) is 18.0 Å². The summed E-state index contributed by atoms with van der Waals surface area (Å²) in [6, 6.07) is 7.61. The van der Waals surface area contributed by atoms with Crippen LogP contribution in [0.25, 0.3) is 0 Å². The van der Waals surface area contributed by atoms with Crippen LogP contribution in [0, 0.1) is 5.92 Å². The maximum absolute atomic E-state index is 12.0. The average molecular weight is 302 g/mol. The molecule has 116 valence electrons. The van der Waals surface area contributed by atoms with E-state index in [-0.39, 0.29) is 24.2 Å². The highest BCUT2D eigenvalue weighted by atomic mass is 16.4. The molecule has 6 nitrogen and oxygen atoms in total. The van der Waals surface area contributed by atoms with Gasteiger partial charge in [-0.15, -0.1) is 0 Å². The SMILES string of the molecule is O=C(CCC1Cc2ccccc2NC1=O)NC1(C(=O)O)CC1. The Morgan fingerprint density at radius 3 is 2.73 bits per heavy atom. The van der Waals surface area contributed by atoms with Gasteiger partial charge >= 0.3 is 5.97 Å². The van der Waals surface area contributed by atoms with E-state index in [1.807, 2.05) is 24.3 Å². The Bertz CT molecular complexity index is 637. The second-order valence-electron chi connectivity index (χ2n) is 6.02. The maximum atomic E-state index is 12.0. The number of anilines is 1. The minimum atomic E-state index is -1.06. The predicted molar refractivity (Wildman–Crippen MR) is 79.2 cm³/mol. The third-order valence-corrected chi connectivity index (χ3v) is 4.37. The van der Waals surface area contributed by atoms with Crippen LogP contribution in [0.15, 0.2) is 24.3 Å². The molecule has 1 saturated carbocycles. The standard InChI is InChI=1S/C16H18N2O4/c19-13(18-16(7-8-16)15(21)22)6-5-11-9-10-3-1-2-4-12(10)17-14(11)20/h1-4,11H,5-9H2,(H,17,20)(H,18,19)(H,21,22). The lowest BCUT2D eigenvalue weighted by atomic mass is 9.89. The third-order valence-electron chi connectivity index (χ3n) is 4.37. The number of para-hydroxylation sites is 1. The highest BCUT2D eigenvalue weighted by molar-refractivity contribution is 5.96. The molecule has 0 radical (unpaired) electrons. The number of carbonyl (C=O) groups is 3. The highest BCUT2D eigenvalue weighted by Gasteiger charge is 2.51. The fourth-order valence-corrected chi connectivity index (χ4v) is 2.80. The summed E-state index contributed by atoms with van der Waals surface area (Å²) in [5.74, 6) is -1.61. The number of amides is 2. The molecule has 6 heteroatoms. The zero-order valence-electron chi connectivity index (χ0n) is 12.1. The lowest BCUT2D eigenvalue weighted by Crippen LogP contribution is -2.43. The lowest BCUT2D eigenvalue weighted by Gasteiger charge is -2.24. The van der Waals surface area contributed by atoms with Gasteiger partial charge in [0.15, 0.2) is 0 Å². The molecule has 2 aliphatic rings. The van der Waals surface area contributed by atoms with Crippen molar-refractivity contribution in [2.24, 2.45) is 5.92 Å². The normalized spacial score (nSPS) is 21.5. The molecule has 3 rings (SSSR count). The van der Waals surface area contributed by atoms with E-state index in [9.17, 15) is 14.4 Å². The molecule has 1 aliphatic heterocycles. The first-order valence-corrected chi connectivity index (χ1v) is 7.43. The quantitative estimate of drug-likeness (QED) is 0.764. The molecule has 1 fully saturated rings. The van der Waals surface area contributed by atoms with Gasteiger partial charge in [0.05, 0.1) is 0 Å². The van der Waals surface area contributed by atoms with Crippen molar-refractivity contribution < 1.29 is 19.5 Å². The topological polar surface area (TPSA) is 95.5 Å². The van der Waals surface area contributed by atoms with Gasteiger partial charge in [-0.2, -0.15) is 0 Å². The second-order valence-corrected chi connectivity index (χ2v) is 6.02. The number of hydrogen-bond donors (Lipinski definition) is 3. The smallest absolute Gasteiger partial charge is 0.329 e. The van der Waals surface area contributed by atoms with Gasteiger partial charge in [-0.25, -0.2) is 4.79 Å². The van der Waals surface area contributed by atoms with Gasteiger partial charge in [0.25, 0.3) is 0 Å². The van der Waals surface area contributed by atoms with Gasteiger partial charge in [-0.1, -0.05) is 18.2 Å². The fourth-order valence-electron chi connectivity index (χ4n) is 2.80. The van der Waals surface area contributed by atoms with E-state index in [1.165, 1.54) is 0 Å². The molecule has 22 heavy (non-hydrogen) atoms. The summed E-state index contributed by atoms with van der Waals surface area (Å²) in [6.07, 6.45) is 2.15. The monoisotopic (exact) mass is 302 g/mol. The van der Waals surface area contributed by atoms with E-state index >= 15 is 0 Å². The number of hydrogen-bond acceptors (Lipinski definition) is 3. The minimum Gasteiger partial charge on any atom is -0.480 e. The van der Waals surface area contributed by atoms with Crippen molar-refractivity contribution in [2.45, 2.75) is 37.6 Å². The van der Waals surface area contributed by atoms with Crippen LogP contribution in [-0.4, -0.2) is 28.4 Å². The van der Waals surface area contributed by atoms with E-state index in [0.717, 1.165) is 11.3 Å². The molecule has 3 N–H and O–H groups in total. The van der Waals surface area contributed by atoms with Crippen LogP contribution in [0.4, 0.5) is 5.69 Å². The Kier molecular flexibility index (Phi) is 3.60. The van der Waals surface area contributed by atoms with Crippen molar-refractivity contribution in [1.29, 1.82) is 0 Å². The predicted octanol–water partition coefficient (Wildman–Crippen LogP) is 1.31. The summed E-state index contributed by atoms with van der Waals surface area (Å²) < 4.78 is 0. The van der Waals surface area contributed by atoms with Gasteiger partial charge < -0.3 is 15.7 Å². The molecule has 1 aromatic carbocycles. The van der Waals surface area contributed by atoms with Gasteiger partial charge in [0.1, 0.15) is 5.54 Å². The molecule has 1 atom stereocenters. The first-order chi connectivity index (χ1) is 10.5. The molecule has 0 aromatic heterocycles. The van der Waals surface area contributed by atoms with E-state index in [0.29, 0.717) is 25.7 Å². The number of fused-ring (bicyclic) bond motifs is 1. The van der Waals surface area contributed by atoms with Crippen molar-refractivity contribution in [3.05, 3.63) is 29.8 Å². The molecule has 0 spiro atoms. The molecular formula is C16H18N2O4. The number of carboxylic acid groups (broad SMARTS) is 1. The zero-order chi connectivity index (χ0) is 15.7. The average Bonchev–Trinajstić information content (AvgIpc) is 3.26. The van der Waals surface area contributed by atoms with Crippen LogP contribution in [0.2, 0.25) is 0 Å². The van der Waals surface area contributed by atoms with Crippen molar-refractivity contribution in [3.8, 4) is 0 Å². The summed E-state index contributed by atoms with van der Waals surface area (Å²) in [5.41, 5.74) is 0.839. The molecular weight excluding hydrogens is 284 g/mol. The molecule has 1 unspecified atom stereocenters. The largest absolute Gasteiger partial charge is 0.480 e. The Labute approximate surface area is 127 Å². The molecule has 1 aromatic rings. The highest BCUT2D eigenvalue weighted by Crippen LogP contribution is 2.35. The number of rotatable bonds is 5. The number of aliphatic carboxylic acids is 1. The van der Waals surface area contributed by atoms with Gasteiger partial charge in [-0.05, 0) is 37.3 Å². The first kappa shape index (κ1) is 14.6. The van der Waals surface area contributed by atoms with Crippen molar-refractivity contribution in [1.82, 2.24) is 5.32 Å². The number of nitrogens with one attached hydrogen (secondary N) is 2. The molecule has 1 aliphatic carbocycles. The van der Waals surface area contributed by atoms with Crippen LogP contribution >= 0.6 is 0 Å². The van der Waals surface area contributed by atoms with E-state index in [4.69, 9.17) is 5.11 Å². The van der Waals surface area contributed by atoms with E-state index < -0.39 is 11.5 Å². The van der Waals surface area contributed by atoms with Crippen LogP contribution in [0.1, 0.15) is 31.2 Å². The van der Waals surface area contributed by atoms with Crippen LogP contribution in [-0.2, 0) is 20.8 Å². The molecule has 1 heterocycles. The zero-order valence-corrected chi connectivity index (χ0v) is 12.1. The summed E-state index contributed by atoms with van der Waals surface area (Å²) >= 11 is 0. The van der Waals surface area contributed by atoms with Crippen LogP contribution in [0.3, 0.4) is 0 Å². The van der Waals surface area contributed by atoms with Gasteiger partial charge in [0.2, 0.25) is 11.8 Å². The van der Waals surface area contributed by atoms with Crippen LogP contribution < -0.4 is 10.6 Å². The molecule has 0 saturated heterocycles. The minimum absolute atomic E-state index is 0.0779. The Balaban J connectivity index is 1.55. The Hall–Kier alpha value is -2.37. The summed E-state index contributed by atoms with van der Waals surface area (Å²) in [7, 11) is 0. The van der Waals surface area contributed by atoms with E-state index in [2.05, 4.69) is 10.6 Å². The summed E-state index contributed by atoms with van der Waals surface area (Å²) in [5, 5.41) is 14.5. The number of carbonyl (C=O) groups excluding carboxylic acids is 2. The first-order valence-electron chi connectivity index (χ1n) is 7.43. The van der Waals surface area contributed by atoms with Crippen molar-refractivity contribution >= 4 is 23.5 Å². The molecule has 0 bridgehead atoms. The Morgan fingerprint density at radius 2 is 2.05 bits per heavy atom. The second kappa shape index (κ2) is 5.44. The number of carboxylic acids is 1. The summed E-state index contributed by atoms with van der Waals surface area (Å²) in [4.78, 5) is 35.0.